The van der Waals surface area contributed by atoms with Gasteiger partial charge >= 0.3 is 0 Å². The number of rotatable bonds is 2. The number of hydrogen-bond donors (Lipinski definition) is 1. The van der Waals surface area contributed by atoms with E-state index >= 15 is 0 Å². The molecule has 2 heterocycles. The molecule has 0 amide bonds. The van der Waals surface area contributed by atoms with Crippen LogP contribution in [0.1, 0.15) is 0 Å². The number of aromatic nitrogens is 2. The van der Waals surface area contributed by atoms with Crippen molar-refractivity contribution in [2.24, 2.45) is 7.05 Å². The standard InChI is InChI=1S/C8H14N4O2S.ClH/c1-11-6-8(10-7-11)15(13,14)12-4-2-9-3-5-12;/h6-7,9H,2-5H2,1H3;1H. The summed E-state index contributed by atoms with van der Waals surface area (Å²) in [6.07, 6.45) is 3.02. The first-order valence-electron chi connectivity index (χ1n) is 4.79. The minimum absolute atomic E-state index is 0. The smallest absolute Gasteiger partial charge is 0.262 e. The Bertz CT molecular complexity index is 439. The van der Waals surface area contributed by atoms with Crippen LogP contribution in [0.4, 0.5) is 0 Å². The summed E-state index contributed by atoms with van der Waals surface area (Å²) in [7, 11) is -1.63. The molecule has 0 atom stereocenters. The number of hydrogen-bond acceptors (Lipinski definition) is 4. The van der Waals surface area contributed by atoms with Crippen LogP contribution >= 0.6 is 12.4 Å². The van der Waals surface area contributed by atoms with E-state index in [0.717, 1.165) is 0 Å². The fourth-order valence-electron chi connectivity index (χ4n) is 1.54. The summed E-state index contributed by atoms with van der Waals surface area (Å²) >= 11 is 0. The highest BCUT2D eigenvalue weighted by atomic mass is 35.5. The van der Waals surface area contributed by atoms with Crippen LogP contribution in [0, 0.1) is 0 Å². The van der Waals surface area contributed by atoms with Gasteiger partial charge in [-0.25, -0.2) is 13.4 Å². The first-order valence-corrected chi connectivity index (χ1v) is 6.23. The van der Waals surface area contributed by atoms with E-state index in [4.69, 9.17) is 0 Å². The van der Waals surface area contributed by atoms with E-state index in [0.29, 0.717) is 26.2 Å². The predicted molar refractivity (Wildman–Crippen MR) is 62.1 cm³/mol. The Morgan fingerprint density at radius 3 is 2.50 bits per heavy atom. The van der Waals surface area contributed by atoms with E-state index in [1.54, 1.807) is 11.6 Å². The van der Waals surface area contributed by atoms with Gasteiger partial charge in [0.2, 0.25) is 0 Å². The maximum Gasteiger partial charge on any atom is 0.262 e. The van der Waals surface area contributed by atoms with Crippen LogP contribution in [0.25, 0.3) is 0 Å². The van der Waals surface area contributed by atoms with Crippen LogP contribution in [0.5, 0.6) is 0 Å². The van der Waals surface area contributed by atoms with Crippen LogP contribution in [0.3, 0.4) is 0 Å². The van der Waals surface area contributed by atoms with E-state index in [9.17, 15) is 8.42 Å². The lowest BCUT2D eigenvalue weighted by atomic mass is 10.4. The van der Waals surface area contributed by atoms with Crippen LogP contribution in [-0.4, -0.2) is 48.5 Å². The highest BCUT2D eigenvalue weighted by Gasteiger charge is 2.27. The maximum atomic E-state index is 12.0. The normalized spacial score (nSPS) is 18.1. The number of imidazole rings is 1. The summed E-state index contributed by atoms with van der Waals surface area (Å²) in [5.41, 5.74) is 0. The van der Waals surface area contributed by atoms with Gasteiger partial charge in [0.25, 0.3) is 10.0 Å². The van der Waals surface area contributed by atoms with Crippen molar-refractivity contribution in [2.45, 2.75) is 5.03 Å². The van der Waals surface area contributed by atoms with Crippen molar-refractivity contribution < 1.29 is 8.42 Å². The van der Waals surface area contributed by atoms with Gasteiger partial charge in [0.15, 0.2) is 5.03 Å². The molecule has 0 aromatic carbocycles. The molecule has 8 heteroatoms. The fraction of sp³-hybridized carbons (Fsp3) is 0.625. The number of aryl methyl sites for hydroxylation is 1. The fourth-order valence-corrected chi connectivity index (χ4v) is 2.95. The zero-order valence-corrected chi connectivity index (χ0v) is 10.6. The van der Waals surface area contributed by atoms with Crippen LogP contribution in [0.2, 0.25) is 0 Å². The molecule has 0 saturated carbocycles. The van der Waals surface area contributed by atoms with Gasteiger partial charge in [-0.05, 0) is 0 Å². The summed E-state index contributed by atoms with van der Waals surface area (Å²) in [5.74, 6) is 0. The second-order valence-electron chi connectivity index (χ2n) is 3.53. The Morgan fingerprint density at radius 2 is 2.00 bits per heavy atom. The average molecular weight is 267 g/mol. The lowest BCUT2D eigenvalue weighted by Gasteiger charge is -2.25. The third-order valence-electron chi connectivity index (χ3n) is 2.36. The highest BCUT2D eigenvalue weighted by Crippen LogP contribution is 2.12. The van der Waals surface area contributed by atoms with Gasteiger partial charge < -0.3 is 9.88 Å². The lowest BCUT2D eigenvalue weighted by molar-refractivity contribution is 0.359. The Hall–Kier alpha value is -0.630. The van der Waals surface area contributed by atoms with Crippen molar-refractivity contribution in [3.63, 3.8) is 0 Å². The molecular weight excluding hydrogens is 252 g/mol. The highest BCUT2D eigenvalue weighted by molar-refractivity contribution is 7.89. The Balaban J connectivity index is 0.00000128. The minimum Gasteiger partial charge on any atom is -0.339 e. The first kappa shape index (κ1) is 13.4. The zero-order chi connectivity index (χ0) is 10.9. The molecule has 0 bridgehead atoms. The molecule has 0 spiro atoms. The zero-order valence-electron chi connectivity index (χ0n) is 8.96. The quantitative estimate of drug-likeness (QED) is 0.779. The van der Waals surface area contributed by atoms with Gasteiger partial charge in [-0.1, -0.05) is 0 Å². The second kappa shape index (κ2) is 5.13. The monoisotopic (exact) mass is 266 g/mol. The second-order valence-corrected chi connectivity index (χ2v) is 5.42. The molecule has 1 fully saturated rings. The predicted octanol–water partition coefficient (Wildman–Crippen LogP) is -0.564. The van der Waals surface area contributed by atoms with Gasteiger partial charge in [-0.3, -0.25) is 0 Å². The van der Waals surface area contributed by atoms with Gasteiger partial charge in [0.1, 0.15) is 0 Å². The van der Waals surface area contributed by atoms with Gasteiger partial charge in [0, 0.05) is 39.4 Å². The summed E-state index contributed by atoms with van der Waals surface area (Å²) in [4.78, 5) is 3.88. The van der Waals surface area contributed by atoms with E-state index < -0.39 is 10.0 Å². The van der Waals surface area contributed by atoms with Crippen molar-refractivity contribution in [3.8, 4) is 0 Å². The van der Waals surface area contributed by atoms with Crippen LogP contribution < -0.4 is 5.32 Å². The van der Waals surface area contributed by atoms with Crippen molar-refractivity contribution in [1.29, 1.82) is 0 Å². The summed E-state index contributed by atoms with van der Waals surface area (Å²) < 4.78 is 27.1. The van der Waals surface area contributed by atoms with Crippen LogP contribution in [-0.2, 0) is 17.1 Å². The van der Waals surface area contributed by atoms with Gasteiger partial charge in [-0.2, -0.15) is 4.31 Å². The molecule has 1 aromatic heterocycles. The third-order valence-corrected chi connectivity index (χ3v) is 4.15. The number of piperazine rings is 1. The Kier molecular flexibility index (Phi) is 4.31. The molecule has 1 aliphatic heterocycles. The van der Waals surface area contributed by atoms with Crippen molar-refractivity contribution in [1.82, 2.24) is 19.2 Å². The van der Waals surface area contributed by atoms with E-state index in [1.807, 2.05) is 0 Å². The number of sulfonamides is 1. The Labute approximate surface area is 101 Å². The topological polar surface area (TPSA) is 67.2 Å². The number of nitrogens with zero attached hydrogens (tertiary/aromatic N) is 3. The molecule has 1 aromatic rings. The van der Waals surface area contributed by atoms with Crippen molar-refractivity contribution >= 4 is 22.4 Å². The largest absolute Gasteiger partial charge is 0.339 e. The molecular formula is C8H15ClN4O2S. The third kappa shape index (κ3) is 2.54. The molecule has 0 unspecified atom stereocenters. The molecule has 0 radical (unpaired) electrons. The van der Waals surface area contributed by atoms with E-state index in [1.165, 1.54) is 16.8 Å². The van der Waals surface area contributed by atoms with E-state index in [2.05, 4.69) is 10.3 Å². The molecule has 92 valence electrons. The number of nitrogens with one attached hydrogen (secondary N) is 1. The van der Waals surface area contributed by atoms with Crippen molar-refractivity contribution in [3.05, 3.63) is 12.5 Å². The first-order chi connectivity index (χ1) is 7.10. The molecule has 16 heavy (non-hydrogen) atoms. The number of halogens is 1. The lowest BCUT2D eigenvalue weighted by Crippen LogP contribution is -2.46. The maximum absolute atomic E-state index is 12.0. The summed E-state index contributed by atoms with van der Waals surface area (Å²) in [5, 5.41) is 3.24. The molecule has 2 rings (SSSR count). The van der Waals surface area contributed by atoms with Gasteiger partial charge in [-0.15, -0.1) is 12.4 Å². The Morgan fingerprint density at radius 1 is 1.38 bits per heavy atom. The molecule has 1 aliphatic rings. The molecule has 1 saturated heterocycles. The van der Waals surface area contributed by atoms with E-state index in [-0.39, 0.29) is 17.4 Å². The molecule has 1 N–H and O–H groups in total. The van der Waals surface area contributed by atoms with Crippen LogP contribution in [0.15, 0.2) is 17.6 Å². The van der Waals surface area contributed by atoms with Crippen molar-refractivity contribution in [2.75, 3.05) is 26.2 Å². The SMILES string of the molecule is Cl.Cn1cnc(S(=O)(=O)N2CCNCC2)c1. The molecule has 6 nitrogen and oxygen atoms in total. The summed E-state index contributed by atoms with van der Waals surface area (Å²) in [6, 6.07) is 0. The summed E-state index contributed by atoms with van der Waals surface area (Å²) in [6.45, 7) is 2.43. The minimum atomic E-state index is -3.38. The average Bonchev–Trinajstić information content (AvgIpc) is 2.67. The van der Waals surface area contributed by atoms with Gasteiger partial charge in [0.05, 0.1) is 6.33 Å². The molecule has 0 aliphatic carbocycles.